The summed E-state index contributed by atoms with van der Waals surface area (Å²) in [5, 5.41) is 8.95. The number of carbonyl (C=O) groups is 1. The van der Waals surface area contributed by atoms with Gasteiger partial charge in [0.25, 0.3) is 5.91 Å². The second kappa shape index (κ2) is 8.41. The van der Waals surface area contributed by atoms with Gasteiger partial charge in [0.05, 0.1) is 10.7 Å². The molecule has 2 N–H and O–H groups in total. The number of hydrogen-bond acceptors (Lipinski definition) is 6. The second-order valence-electron chi connectivity index (χ2n) is 5.42. The number of amides is 1. The molecular weight excluding hydrogens is 483 g/mol. The van der Waals surface area contributed by atoms with Crippen LogP contribution < -0.4 is 14.7 Å². The van der Waals surface area contributed by atoms with Gasteiger partial charge in [-0.15, -0.1) is 0 Å². The van der Waals surface area contributed by atoms with Crippen molar-refractivity contribution < 1.29 is 22.1 Å². The SMILES string of the molecule is COc1cc(/C=C(\C#N)C(N)=O)cc(I)c1OS(=O)(=O)c1ccc(C)cc1. The van der Waals surface area contributed by atoms with Crippen LogP contribution in [0, 0.1) is 21.8 Å². The van der Waals surface area contributed by atoms with Crippen LogP contribution in [0.3, 0.4) is 0 Å². The Labute approximate surface area is 170 Å². The summed E-state index contributed by atoms with van der Waals surface area (Å²) < 4.78 is 36.0. The summed E-state index contributed by atoms with van der Waals surface area (Å²) >= 11 is 1.88. The van der Waals surface area contributed by atoms with E-state index in [1.54, 1.807) is 24.3 Å². The van der Waals surface area contributed by atoms with Crippen molar-refractivity contribution in [2.24, 2.45) is 5.73 Å². The minimum absolute atomic E-state index is 0.00778. The van der Waals surface area contributed by atoms with E-state index >= 15 is 0 Å². The fourth-order valence-corrected chi connectivity index (χ4v) is 3.93. The number of hydrogen-bond donors (Lipinski definition) is 1. The topological polar surface area (TPSA) is 119 Å². The van der Waals surface area contributed by atoms with E-state index in [2.05, 4.69) is 0 Å². The standard InChI is InChI=1S/C18H15IN2O5S/c1-11-3-5-14(6-4-11)27(23,24)26-17-15(19)8-12(9-16(17)25-2)7-13(10-20)18(21)22/h3-9H,1-2H3,(H2,21,22)/b13-7+. The van der Waals surface area contributed by atoms with Crippen molar-refractivity contribution in [3.63, 3.8) is 0 Å². The van der Waals surface area contributed by atoms with Crippen LogP contribution in [0.2, 0.25) is 0 Å². The zero-order chi connectivity index (χ0) is 20.2. The lowest BCUT2D eigenvalue weighted by atomic mass is 10.1. The molecule has 2 rings (SSSR count). The van der Waals surface area contributed by atoms with Gasteiger partial charge in [-0.05, 0) is 65.4 Å². The second-order valence-corrected chi connectivity index (χ2v) is 8.13. The van der Waals surface area contributed by atoms with Crippen molar-refractivity contribution in [2.45, 2.75) is 11.8 Å². The van der Waals surface area contributed by atoms with Crippen molar-refractivity contribution in [1.82, 2.24) is 0 Å². The van der Waals surface area contributed by atoms with Gasteiger partial charge >= 0.3 is 10.1 Å². The quantitative estimate of drug-likeness (QED) is 0.283. The summed E-state index contributed by atoms with van der Waals surface area (Å²) in [5.41, 5.74) is 6.24. The third-order valence-electron chi connectivity index (χ3n) is 3.45. The molecule has 0 bridgehead atoms. The maximum Gasteiger partial charge on any atom is 0.339 e. The zero-order valence-electron chi connectivity index (χ0n) is 14.4. The van der Waals surface area contributed by atoms with Crippen molar-refractivity contribution in [3.8, 4) is 17.6 Å². The fourth-order valence-electron chi connectivity index (χ4n) is 2.09. The van der Waals surface area contributed by atoms with E-state index < -0.39 is 16.0 Å². The molecule has 0 aliphatic carbocycles. The summed E-state index contributed by atoms with van der Waals surface area (Å²) in [6.45, 7) is 1.84. The van der Waals surface area contributed by atoms with Gasteiger partial charge in [0, 0.05) is 0 Å². The van der Waals surface area contributed by atoms with Crippen LogP contribution in [0.1, 0.15) is 11.1 Å². The van der Waals surface area contributed by atoms with Gasteiger partial charge in [-0.25, -0.2) is 0 Å². The Bertz CT molecular complexity index is 1050. The highest BCUT2D eigenvalue weighted by atomic mass is 127. The van der Waals surface area contributed by atoms with Crippen molar-refractivity contribution in [3.05, 3.63) is 56.7 Å². The lowest BCUT2D eigenvalue weighted by molar-refractivity contribution is -0.114. The van der Waals surface area contributed by atoms with Crippen molar-refractivity contribution >= 4 is 44.7 Å². The number of methoxy groups -OCH3 is 1. The predicted octanol–water partition coefficient (Wildman–Crippen LogP) is 2.77. The highest BCUT2D eigenvalue weighted by Crippen LogP contribution is 2.36. The molecule has 2 aromatic carbocycles. The number of nitrogens with zero attached hydrogens (tertiary/aromatic N) is 1. The number of halogens is 1. The fraction of sp³-hybridized carbons (Fsp3) is 0.111. The highest BCUT2D eigenvalue weighted by molar-refractivity contribution is 14.1. The molecule has 0 unspecified atom stereocenters. The first-order valence-corrected chi connectivity index (χ1v) is 9.97. The van der Waals surface area contributed by atoms with Gasteiger partial charge in [-0.3, -0.25) is 4.79 Å². The maximum atomic E-state index is 12.5. The molecule has 2 aromatic rings. The van der Waals surface area contributed by atoms with Crippen LogP contribution in [0.4, 0.5) is 0 Å². The first-order valence-electron chi connectivity index (χ1n) is 7.48. The number of benzene rings is 2. The molecule has 0 fully saturated rings. The largest absolute Gasteiger partial charge is 0.493 e. The number of primary amides is 1. The van der Waals surface area contributed by atoms with E-state index in [1.165, 1.54) is 31.4 Å². The Morgan fingerprint density at radius 1 is 1.26 bits per heavy atom. The van der Waals surface area contributed by atoms with Crippen LogP contribution in [0.25, 0.3) is 6.08 Å². The molecule has 0 radical (unpaired) electrons. The first-order chi connectivity index (χ1) is 12.7. The normalized spacial score (nSPS) is 11.6. The van der Waals surface area contributed by atoms with E-state index in [0.717, 1.165) is 5.56 Å². The molecule has 0 saturated heterocycles. The third-order valence-corrected chi connectivity index (χ3v) is 5.49. The number of rotatable bonds is 6. The Kier molecular flexibility index (Phi) is 6.45. The van der Waals surface area contributed by atoms with Crippen LogP contribution in [-0.2, 0) is 14.9 Å². The van der Waals surface area contributed by atoms with E-state index in [9.17, 15) is 13.2 Å². The van der Waals surface area contributed by atoms with Gasteiger partial charge in [0.15, 0.2) is 11.5 Å². The van der Waals surface area contributed by atoms with E-state index in [4.69, 9.17) is 19.9 Å². The summed E-state index contributed by atoms with van der Waals surface area (Å²) in [6, 6.07) is 10.9. The molecule has 27 heavy (non-hydrogen) atoms. The van der Waals surface area contributed by atoms with Crippen molar-refractivity contribution in [1.29, 1.82) is 5.26 Å². The summed E-state index contributed by atoms with van der Waals surface area (Å²) in [7, 11) is -2.72. The van der Waals surface area contributed by atoms with Crippen molar-refractivity contribution in [2.75, 3.05) is 7.11 Å². The predicted molar refractivity (Wildman–Crippen MR) is 107 cm³/mol. The average molecular weight is 498 g/mol. The molecule has 140 valence electrons. The van der Waals surface area contributed by atoms with Gasteiger partial charge in [-0.2, -0.15) is 13.7 Å². The van der Waals surface area contributed by atoms with E-state index in [0.29, 0.717) is 9.13 Å². The summed E-state index contributed by atoms with van der Waals surface area (Å²) in [4.78, 5) is 11.2. The summed E-state index contributed by atoms with van der Waals surface area (Å²) in [5.74, 6) is -0.729. The van der Waals surface area contributed by atoms with Gasteiger partial charge in [-0.1, -0.05) is 17.7 Å². The Morgan fingerprint density at radius 2 is 1.89 bits per heavy atom. The molecule has 0 spiro atoms. The monoisotopic (exact) mass is 498 g/mol. The van der Waals surface area contributed by atoms with E-state index in [-0.39, 0.29) is 22.0 Å². The molecule has 1 amide bonds. The van der Waals surface area contributed by atoms with Gasteiger partial charge < -0.3 is 14.7 Å². The maximum absolute atomic E-state index is 12.5. The molecular formula is C18H15IN2O5S. The minimum Gasteiger partial charge on any atom is -0.493 e. The van der Waals surface area contributed by atoms with Gasteiger partial charge in [0.2, 0.25) is 0 Å². The Morgan fingerprint density at radius 3 is 2.41 bits per heavy atom. The number of carbonyl (C=O) groups excluding carboxylic acids is 1. The zero-order valence-corrected chi connectivity index (χ0v) is 17.4. The molecule has 0 saturated carbocycles. The minimum atomic E-state index is -4.07. The third kappa shape index (κ3) is 4.99. The smallest absolute Gasteiger partial charge is 0.339 e. The highest BCUT2D eigenvalue weighted by Gasteiger charge is 2.22. The molecule has 0 aromatic heterocycles. The molecule has 7 nitrogen and oxygen atoms in total. The number of nitrogens with two attached hydrogens (primary N) is 1. The molecule has 9 heteroatoms. The van der Waals surface area contributed by atoms with E-state index in [1.807, 2.05) is 29.5 Å². The number of aryl methyl sites for hydroxylation is 1. The van der Waals surface area contributed by atoms with Crippen LogP contribution in [-0.4, -0.2) is 21.4 Å². The van der Waals surface area contributed by atoms with Crippen LogP contribution in [0.5, 0.6) is 11.5 Å². The van der Waals surface area contributed by atoms with Crippen LogP contribution >= 0.6 is 22.6 Å². The molecule has 0 aliphatic heterocycles. The number of ether oxygens (including phenoxy) is 1. The Balaban J connectivity index is 2.48. The van der Waals surface area contributed by atoms with Crippen LogP contribution in [0.15, 0.2) is 46.9 Å². The Hall–Kier alpha value is -2.58. The molecule has 0 atom stereocenters. The lowest BCUT2D eigenvalue weighted by Crippen LogP contribution is -2.13. The van der Waals surface area contributed by atoms with Gasteiger partial charge in [0.1, 0.15) is 16.5 Å². The first kappa shape index (κ1) is 20.7. The lowest BCUT2D eigenvalue weighted by Gasteiger charge is -2.13. The molecule has 0 aliphatic rings. The average Bonchev–Trinajstić information content (AvgIpc) is 2.61. The molecule has 0 heterocycles. The summed E-state index contributed by atoms with van der Waals surface area (Å²) in [6.07, 6.45) is 1.28. The number of nitriles is 1.